The zero-order valence-corrected chi connectivity index (χ0v) is 7.27. The third kappa shape index (κ3) is 8.81. The van der Waals surface area contributed by atoms with E-state index < -0.39 is 18.0 Å². The highest BCUT2D eigenvalue weighted by atomic mass is 16.4. The second-order valence-electron chi connectivity index (χ2n) is 2.87. The molecule has 3 N–H and O–H groups in total. The van der Waals surface area contributed by atoms with Crippen LogP contribution in [0.1, 0.15) is 32.1 Å². The molecular weight excluding hydrogens is 176 g/mol. The summed E-state index contributed by atoms with van der Waals surface area (Å²) in [4.78, 5) is 20.2. The molecule has 0 bridgehead atoms. The highest BCUT2D eigenvalue weighted by Gasteiger charge is 2.07. The summed E-state index contributed by atoms with van der Waals surface area (Å²) in [5, 5.41) is 25.7. The minimum atomic E-state index is -0.947. The molecular formula is C8H14O5. The van der Waals surface area contributed by atoms with Crippen molar-refractivity contribution < 1.29 is 24.9 Å². The zero-order chi connectivity index (χ0) is 10.3. The number of aliphatic hydroxyl groups excluding tert-OH is 1. The predicted octanol–water partition coefficient (Wildman–Crippen LogP) is 0.467. The summed E-state index contributed by atoms with van der Waals surface area (Å²) >= 11 is 0. The van der Waals surface area contributed by atoms with E-state index >= 15 is 0 Å². The third-order valence-electron chi connectivity index (χ3n) is 1.62. The Balaban J connectivity index is 3.35. The van der Waals surface area contributed by atoms with Crippen LogP contribution in [0.15, 0.2) is 0 Å². The predicted molar refractivity (Wildman–Crippen MR) is 44.4 cm³/mol. The monoisotopic (exact) mass is 190 g/mol. The van der Waals surface area contributed by atoms with E-state index in [0.29, 0.717) is 12.8 Å². The topological polar surface area (TPSA) is 94.8 Å². The summed E-state index contributed by atoms with van der Waals surface area (Å²) in [5.74, 6) is -1.84. The van der Waals surface area contributed by atoms with Gasteiger partial charge in [-0.25, -0.2) is 0 Å². The molecule has 0 rings (SSSR count). The van der Waals surface area contributed by atoms with E-state index in [1.807, 2.05) is 0 Å². The fraction of sp³-hybridized carbons (Fsp3) is 0.750. The minimum absolute atomic E-state index is 0.0180. The molecule has 0 aliphatic heterocycles. The Kier molecular flexibility index (Phi) is 5.88. The van der Waals surface area contributed by atoms with Crippen molar-refractivity contribution in [3.63, 3.8) is 0 Å². The molecule has 0 saturated heterocycles. The van der Waals surface area contributed by atoms with E-state index in [-0.39, 0.29) is 19.3 Å². The van der Waals surface area contributed by atoms with E-state index in [0.717, 1.165) is 0 Å². The summed E-state index contributed by atoms with van der Waals surface area (Å²) in [6.07, 6.45) is 0.165. The van der Waals surface area contributed by atoms with Crippen LogP contribution in [-0.4, -0.2) is 33.4 Å². The van der Waals surface area contributed by atoms with Crippen LogP contribution in [-0.2, 0) is 9.59 Å². The van der Waals surface area contributed by atoms with Crippen LogP contribution in [0.2, 0.25) is 0 Å². The molecule has 0 aliphatic carbocycles. The standard InChI is InChI=1S/C8H14O5/c9-6(4-5-8(12)13)2-1-3-7(10)11/h6,9H,1-5H2,(H,10,11)(H,12,13). The second kappa shape index (κ2) is 6.42. The van der Waals surface area contributed by atoms with Gasteiger partial charge in [0.25, 0.3) is 0 Å². The van der Waals surface area contributed by atoms with Gasteiger partial charge in [0.1, 0.15) is 0 Å². The number of carboxylic acid groups (broad SMARTS) is 2. The van der Waals surface area contributed by atoms with Gasteiger partial charge in [0.2, 0.25) is 0 Å². The first-order valence-electron chi connectivity index (χ1n) is 4.14. The molecule has 1 atom stereocenters. The van der Waals surface area contributed by atoms with Crippen LogP contribution in [0.3, 0.4) is 0 Å². The van der Waals surface area contributed by atoms with Crippen molar-refractivity contribution in [2.24, 2.45) is 0 Å². The number of carbonyl (C=O) groups is 2. The summed E-state index contributed by atoms with van der Waals surface area (Å²) in [7, 11) is 0. The van der Waals surface area contributed by atoms with Crippen molar-refractivity contribution in [2.75, 3.05) is 0 Å². The average molecular weight is 190 g/mol. The van der Waals surface area contributed by atoms with Crippen molar-refractivity contribution in [3.05, 3.63) is 0 Å². The van der Waals surface area contributed by atoms with Gasteiger partial charge in [-0.3, -0.25) is 9.59 Å². The fourth-order valence-electron chi connectivity index (χ4n) is 0.923. The first-order chi connectivity index (χ1) is 6.02. The van der Waals surface area contributed by atoms with Crippen LogP contribution >= 0.6 is 0 Å². The van der Waals surface area contributed by atoms with Crippen molar-refractivity contribution >= 4 is 11.9 Å². The molecule has 0 aromatic heterocycles. The van der Waals surface area contributed by atoms with Crippen molar-refractivity contribution in [1.82, 2.24) is 0 Å². The number of aliphatic carboxylic acids is 2. The number of hydrogen-bond acceptors (Lipinski definition) is 3. The first-order valence-corrected chi connectivity index (χ1v) is 4.14. The molecule has 0 heterocycles. The maximum Gasteiger partial charge on any atom is 0.303 e. The number of carboxylic acids is 2. The van der Waals surface area contributed by atoms with Crippen LogP contribution in [0.5, 0.6) is 0 Å². The minimum Gasteiger partial charge on any atom is -0.481 e. The lowest BCUT2D eigenvalue weighted by atomic mass is 10.1. The van der Waals surface area contributed by atoms with E-state index in [1.54, 1.807) is 0 Å². The first kappa shape index (κ1) is 11.9. The Morgan fingerprint density at radius 3 is 2.00 bits per heavy atom. The van der Waals surface area contributed by atoms with Gasteiger partial charge in [-0.05, 0) is 19.3 Å². The molecule has 0 saturated carbocycles. The second-order valence-corrected chi connectivity index (χ2v) is 2.87. The van der Waals surface area contributed by atoms with Gasteiger partial charge in [0, 0.05) is 12.8 Å². The quantitative estimate of drug-likeness (QED) is 0.542. The number of rotatable bonds is 7. The van der Waals surface area contributed by atoms with Gasteiger partial charge in [0.05, 0.1) is 6.10 Å². The lowest BCUT2D eigenvalue weighted by molar-refractivity contribution is -0.138. The Hall–Kier alpha value is -1.10. The number of hydrogen-bond donors (Lipinski definition) is 3. The van der Waals surface area contributed by atoms with E-state index in [4.69, 9.17) is 15.3 Å². The average Bonchev–Trinajstić information content (AvgIpc) is 2.00. The van der Waals surface area contributed by atoms with Gasteiger partial charge in [-0.2, -0.15) is 0 Å². The molecule has 13 heavy (non-hydrogen) atoms. The SMILES string of the molecule is O=C(O)CCCC(O)CCC(=O)O. The maximum absolute atomic E-state index is 10.1. The molecule has 0 amide bonds. The Bertz CT molecular complexity index is 177. The van der Waals surface area contributed by atoms with Crippen LogP contribution < -0.4 is 0 Å². The molecule has 1 unspecified atom stereocenters. The highest BCUT2D eigenvalue weighted by molar-refractivity contribution is 5.67. The molecule has 76 valence electrons. The highest BCUT2D eigenvalue weighted by Crippen LogP contribution is 2.06. The van der Waals surface area contributed by atoms with E-state index in [9.17, 15) is 9.59 Å². The van der Waals surface area contributed by atoms with Gasteiger partial charge in [-0.15, -0.1) is 0 Å². The molecule has 0 spiro atoms. The smallest absolute Gasteiger partial charge is 0.303 e. The van der Waals surface area contributed by atoms with E-state index in [1.165, 1.54) is 0 Å². The van der Waals surface area contributed by atoms with Crippen LogP contribution in [0.25, 0.3) is 0 Å². The maximum atomic E-state index is 10.1. The molecule has 0 fully saturated rings. The summed E-state index contributed by atoms with van der Waals surface area (Å²) in [6.45, 7) is 0. The Morgan fingerprint density at radius 1 is 1.00 bits per heavy atom. The molecule has 5 heteroatoms. The van der Waals surface area contributed by atoms with Gasteiger partial charge >= 0.3 is 11.9 Å². The normalized spacial score (nSPS) is 12.4. The Morgan fingerprint density at radius 2 is 1.54 bits per heavy atom. The third-order valence-corrected chi connectivity index (χ3v) is 1.62. The molecule has 0 aromatic rings. The van der Waals surface area contributed by atoms with Gasteiger partial charge in [0.15, 0.2) is 0 Å². The van der Waals surface area contributed by atoms with E-state index in [2.05, 4.69) is 0 Å². The molecule has 5 nitrogen and oxygen atoms in total. The lowest BCUT2D eigenvalue weighted by Crippen LogP contribution is -2.10. The molecule has 0 aliphatic rings. The summed E-state index contributed by atoms with van der Waals surface area (Å²) < 4.78 is 0. The van der Waals surface area contributed by atoms with Crippen LogP contribution in [0.4, 0.5) is 0 Å². The zero-order valence-electron chi connectivity index (χ0n) is 7.27. The number of aliphatic hydroxyl groups is 1. The molecule has 0 radical (unpaired) electrons. The van der Waals surface area contributed by atoms with Crippen molar-refractivity contribution in [2.45, 2.75) is 38.2 Å². The van der Waals surface area contributed by atoms with Gasteiger partial charge in [-0.1, -0.05) is 0 Å². The lowest BCUT2D eigenvalue weighted by Gasteiger charge is -2.06. The Labute approximate surface area is 76.0 Å². The van der Waals surface area contributed by atoms with Crippen molar-refractivity contribution in [1.29, 1.82) is 0 Å². The largest absolute Gasteiger partial charge is 0.481 e. The van der Waals surface area contributed by atoms with Crippen molar-refractivity contribution in [3.8, 4) is 0 Å². The van der Waals surface area contributed by atoms with Gasteiger partial charge < -0.3 is 15.3 Å². The van der Waals surface area contributed by atoms with Crippen LogP contribution in [0, 0.1) is 0 Å². The summed E-state index contributed by atoms with van der Waals surface area (Å²) in [6, 6.07) is 0. The summed E-state index contributed by atoms with van der Waals surface area (Å²) in [5.41, 5.74) is 0. The fourth-order valence-corrected chi connectivity index (χ4v) is 0.923. The molecule has 0 aromatic carbocycles.